The van der Waals surface area contributed by atoms with Crippen LogP contribution in [0.25, 0.3) is 0 Å². The monoisotopic (exact) mass is 634 g/mol. The SMILES string of the molecule is C=CCNC(=O)C(OC(C)=O)[C@@H]1CCCCCCCO[C@@H](C)C(/C=N/C(=O)OC(C)(C)C)C(=O)N2CC[C@H](C(C)C)[C@H]2C(=O)N1. The molecular formula is C33H54N4O8. The quantitative estimate of drug-likeness (QED) is 0.243. The molecular weight excluding hydrogens is 580 g/mol. The second kappa shape index (κ2) is 18.0. The van der Waals surface area contributed by atoms with Gasteiger partial charge in [-0.05, 0) is 58.8 Å². The summed E-state index contributed by atoms with van der Waals surface area (Å²) in [5.41, 5.74) is -0.757. The van der Waals surface area contributed by atoms with Crippen molar-refractivity contribution in [1.29, 1.82) is 0 Å². The number of esters is 1. The molecule has 2 rings (SSSR count). The number of rotatable bonds is 7. The molecule has 0 radical (unpaired) electrons. The Hall–Kier alpha value is -3.28. The van der Waals surface area contributed by atoms with Crippen molar-refractivity contribution in [2.75, 3.05) is 19.7 Å². The molecule has 0 spiro atoms. The molecule has 0 aliphatic carbocycles. The van der Waals surface area contributed by atoms with Crippen molar-refractivity contribution in [1.82, 2.24) is 15.5 Å². The molecule has 2 unspecified atom stereocenters. The highest BCUT2D eigenvalue weighted by atomic mass is 16.6. The van der Waals surface area contributed by atoms with Gasteiger partial charge in [0.2, 0.25) is 11.8 Å². The second-order valence-corrected chi connectivity index (χ2v) is 13.3. The van der Waals surface area contributed by atoms with E-state index in [-0.39, 0.29) is 24.3 Å². The molecule has 254 valence electrons. The Morgan fingerprint density at radius 3 is 2.42 bits per heavy atom. The fourth-order valence-electron chi connectivity index (χ4n) is 5.81. The molecule has 45 heavy (non-hydrogen) atoms. The van der Waals surface area contributed by atoms with Crippen molar-refractivity contribution in [2.45, 2.75) is 123 Å². The van der Waals surface area contributed by atoms with E-state index in [2.05, 4.69) is 22.2 Å². The lowest BCUT2D eigenvalue weighted by molar-refractivity contribution is -0.157. The summed E-state index contributed by atoms with van der Waals surface area (Å²) >= 11 is 0. The Balaban J connectivity index is 2.51. The number of nitrogens with one attached hydrogen (secondary N) is 2. The number of aliphatic imine (C=N–C) groups is 1. The Labute approximate surface area is 268 Å². The van der Waals surface area contributed by atoms with E-state index in [4.69, 9.17) is 14.2 Å². The van der Waals surface area contributed by atoms with Crippen molar-refractivity contribution in [3.63, 3.8) is 0 Å². The molecule has 4 amide bonds. The average Bonchev–Trinajstić information content (AvgIpc) is 3.40. The molecule has 2 N–H and O–H groups in total. The van der Waals surface area contributed by atoms with Crippen molar-refractivity contribution in [2.24, 2.45) is 22.7 Å². The van der Waals surface area contributed by atoms with Crippen LogP contribution in [-0.2, 0) is 33.4 Å². The minimum Gasteiger partial charge on any atom is -0.450 e. The summed E-state index contributed by atoms with van der Waals surface area (Å²) in [5.74, 6) is -3.05. The normalized spacial score (nSPS) is 26.6. The van der Waals surface area contributed by atoms with Crippen molar-refractivity contribution < 1.29 is 38.2 Å². The lowest BCUT2D eigenvalue weighted by Gasteiger charge is -2.34. The maximum Gasteiger partial charge on any atom is 0.433 e. The van der Waals surface area contributed by atoms with Gasteiger partial charge in [0.15, 0.2) is 6.10 Å². The molecule has 2 saturated heterocycles. The maximum absolute atomic E-state index is 14.2. The van der Waals surface area contributed by atoms with Crippen LogP contribution in [0.4, 0.5) is 4.79 Å². The van der Waals surface area contributed by atoms with Gasteiger partial charge >= 0.3 is 12.1 Å². The van der Waals surface area contributed by atoms with Crippen LogP contribution in [0.3, 0.4) is 0 Å². The van der Waals surface area contributed by atoms with E-state index in [9.17, 15) is 24.0 Å². The van der Waals surface area contributed by atoms with Crippen LogP contribution in [-0.4, -0.2) is 90.5 Å². The molecule has 12 heteroatoms. The molecule has 0 aromatic heterocycles. The number of hydrogen-bond acceptors (Lipinski definition) is 8. The summed E-state index contributed by atoms with van der Waals surface area (Å²) in [7, 11) is 0. The predicted molar refractivity (Wildman–Crippen MR) is 170 cm³/mol. The van der Waals surface area contributed by atoms with Gasteiger partial charge in [0.25, 0.3) is 5.91 Å². The predicted octanol–water partition coefficient (Wildman–Crippen LogP) is 3.96. The number of carbonyl (C=O) groups is 5. The second-order valence-electron chi connectivity index (χ2n) is 13.3. The number of ether oxygens (including phenoxy) is 3. The molecule has 0 saturated carbocycles. The first-order chi connectivity index (χ1) is 21.2. The molecule has 0 aromatic carbocycles. The fraction of sp³-hybridized carbons (Fsp3) is 0.758. The molecule has 2 fully saturated rings. The highest BCUT2D eigenvalue weighted by Gasteiger charge is 2.46. The van der Waals surface area contributed by atoms with E-state index < -0.39 is 59.7 Å². The molecule has 0 bridgehead atoms. The highest BCUT2D eigenvalue weighted by Crippen LogP contribution is 2.33. The van der Waals surface area contributed by atoms with Crippen molar-refractivity contribution in [3.8, 4) is 0 Å². The van der Waals surface area contributed by atoms with Crippen LogP contribution in [0.2, 0.25) is 0 Å². The summed E-state index contributed by atoms with van der Waals surface area (Å²) in [6, 6.07) is -1.66. The average molecular weight is 635 g/mol. The molecule has 0 aromatic rings. The first-order valence-electron chi connectivity index (χ1n) is 16.2. The van der Waals surface area contributed by atoms with Crippen LogP contribution in [0.15, 0.2) is 17.6 Å². The van der Waals surface area contributed by atoms with Gasteiger partial charge in [0.05, 0.1) is 18.1 Å². The van der Waals surface area contributed by atoms with Crippen LogP contribution in [0.1, 0.15) is 93.4 Å². The third kappa shape index (κ3) is 12.2. The van der Waals surface area contributed by atoms with Crippen LogP contribution < -0.4 is 10.6 Å². The van der Waals surface area contributed by atoms with E-state index >= 15 is 0 Å². The number of nitrogens with zero attached hydrogens (tertiary/aromatic N) is 2. The van der Waals surface area contributed by atoms with Crippen molar-refractivity contribution in [3.05, 3.63) is 12.7 Å². The summed E-state index contributed by atoms with van der Waals surface area (Å²) < 4.78 is 16.8. The zero-order valence-corrected chi connectivity index (χ0v) is 28.1. The van der Waals surface area contributed by atoms with E-state index in [0.717, 1.165) is 25.7 Å². The first-order valence-corrected chi connectivity index (χ1v) is 16.2. The third-order valence-electron chi connectivity index (χ3n) is 8.08. The van der Waals surface area contributed by atoms with Gasteiger partial charge in [-0.25, -0.2) is 4.79 Å². The lowest BCUT2D eigenvalue weighted by Crippen LogP contribution is -2.58. The zero-order valence-electron chi connectivity index (χ0n) is 28.1. The van der Waals surface area contributed by atoms with Gasteiger partial charge in [-0.1, -0.05) is 45.6 Å². The lowest BCUT2D eigenvalue weighted by atomic mass is 9.87. The molecule has 2 aliphatic rings. The Kier molecular flexibility index (Phi) is 15.2. The van der Waals surface area contributed by atoms with Crippen molar-refractivity contribution >= 4 is 36.0 Å². The minimum absolute atomic E-state index is 0.0605. The summed E-state index contributed by atoms with van der Waals surface area (Å²) in [5, 5.41) is 5.69. The van der Waals surface area contributed by atoms with Crippen LogP contribution >= 0.6 is 0 Å². The maximum atomic E-state index is 14.2. The number of amides is 4. The van der Waals surface area contributed by atoms with Gasteiger partial charge in [-0.15, -0.1) is 6.58 Å². The van der Waals surface area contributed by atoms with E-state index in [0.29, 0.717) is 32.4 Å². The minimum atomic E-state index is -1.25. The Morgan fingerprint density at radius 1 is 1.13 bits per heavy atom. The topological polar surface area (TPSA) is 153 Å². The number of carbonyl (C=O) groups excluding carboxylic acids is 5. The van der Waals surface area contributed by atoms with E-state index in [1.807, 2.05) is 13.8 Å². The Morgan fingerprint density at radius 2 is 1.80 bits per heavy atom. The molecule has 2 aliphatic heterocycles. The standard InChI is InChI=1S/C33H54N4O8/c1-9-17-34-30(40)28(44-23(5)38)26-15-13-11-10-12-14-19-43-22(4)25(20-35-32(42)45-33(6,7)8)31(41)37-18-16-24(21(2)3)27(37)29(39)36-26/h9,20-22,24-28H,1,10-19H2,2-8H3,(H,34,40)(H,36,39)/b35-20+/t22-,24+,25?,26-,27-,28?/m0/s1. The summed E-state index contributed by atoms with van der Waals surface area (Å²) in [6.07, 6.45) is 5.17. The molecule has 12 nitrogen and oxygen atoms in total. The first kappa shape index (κ1) is 37.9. The van der Waals surface area contributed by atoms with Crippen LogP contribution in [0, 0.1) is 17.8 Å². The largest absolute Gasteiger partial charge is 0.450 e. The molecule has 6 atom stereocenters. The van der Waals surface area contributed by atoms with Gasteiger partial charge in [-0.3, -0.25) is 19.2 Å². The molecule has 2 heterocycles. The van der Waals surface area contributed by atoms with Gasteiger partial charge in [-0.2, -0.15) is 4.99 Å². The smallest absolute Gasteiger partial charge is 0.433 e. The number of hydrogen-bond donors (Lipinski definition) is 2. The third-order valence-corrected chi connectivity index (χ3v) is 8.08. The Bertz CT molecular complexity index is 1070. The van der Waals surface area contributed by atoms with Gasteiger partial charge < -0.3 is 29.7 Å². The zero-order chi connectivity index (χ0) is 33.7. The summed E-state index contributed by atoms with van der Waals surface area (Å²) in [6.45, 7) is 16.7. The number of fused-ring (bicyclic) bond motifs is 1. The fourth-order valence-corrected chi connectivity index (χ4v) is 5.81. The highest BCUT2D eigenvalue weighted by molar-refractivity contribution is 5.99. The summed E-state index contributed by atoms with van der Waals surface area (Å²) in [4.78, 5) is 71.5. The van der Waals surface area contributed by atoms with E-state index in [1.165, 1.54) is 24.1 Å². The van der Waals surface area contributed by atoms with E-state index in [1.54, 1.807) is 27.7 Å². The van der Waals surface area contributed by atoms with Crippen LogP contribution in [0.5, 0.6) is 0 Å². The van der Waals surface area contributed by atoms with Gasteiger partial charge in [0, 0.05) is 32.8 Å². The van der Waals surface area contributed by atoms with Gasteiger partial charge in [0.1, 0.15) is 11.6 Å².